The molecule has 0 saturated carbocycles. The van der Waals surface area contributed by atoms with Crippen LogP contribution in [0, 0.1) is 0 Å². The van der Waals surface area contributed by atoms with Crippen LogP contribution in [0.25, 0.3) is 0 Å². The van der Waals surface area contributed by atoms with Gasteiger partial charge in [0.05, 0.1) is 6.61 Å². The summed E-state index contributed by atoms with van der Waals surface area (Å²) < 4.78 is 5.36. The molecule has 1 rings (SSSR count). The first-order chi connectivity index (χ1) is 7.07. The lowest BCUT2D eigenvalue weighted by Crippen LogP contribution is -2.39. The fourth-order valence-electron chi connectivity index (χ4n) is 1.24. The molecule has 3 nitrogen and oxygen atoms in total. The van der Waals surface area contributed by atoms with E-state index < -0.39 is 0 Å². The number of hydrogen-bond acceptors (Lipinski definition) is 3. The van der Waals surface area contributed by atoms with Crippen LogP contribution in [0.4, 0.5) is 5.69 Å². The monoisotopic (exact) mass is 208 g/mol. The van der Waals surface area contributed by atoms with Gasteiger partial charge in [0.1, 0.15) is 5.75 Å². The number of rotatable bonds is 5. The summed E-state index contributed by atoms with van der Waals surface area (Å²) in [7, 11) is 0. The average Bonchev–Trinajstić information content (AvgIpc) is 2.21. The third-order valence-corrected chi connectivity index (χ3v) is 2.16. The van der Waals surface area contributed by atoms with Crippen molar-refractivity contribution in [2.24, 2.45) is 5.73 Å². The molecule has 0 aromatic heterocycles. The Bertz CT molecular complexity index is 293. The number of nitrogens with one attached hydrogen (secondary N) is 1. The molecule has 0 radical (unpaired) electrons. The molecule has 0 bridgehead atoms. The topological polar surface area (TPSA) is 47.3 Å². The number of benzene rings is 1. The van der Waals surface area contributed by atoms with E-state index in [2.05, 4.69) is 19.2 Å². The summed E-state index contributed by atoms with van der Waals surface area (Å²) in [6.07, 6.45) is 0. The van der Waals surface area contributed by atoms with Crippen LogP contribution in [0.3, 0.4) is 0 Å². The molecular weight excluding hydrogens is 188 g/mol. The highest BCUT2D eigenvalue weighted by Gasteiger charge is 2.14. The highest BCUT2D eigenvalue weighted by Crippen LogP contribution is 2.18. The number of ether oxygens (including phenoxy) is 1. The van der Waals surface area contributed by atoms with Crippen molar-refractivity contribution in [3.8, 4) is 5.75 Å². The van der Waals surface area contributed by atoms with Gasteiger partial charge < -0.3 is 15.8 Å². The minimum Gasteiger partial charge on any atom is -0.494 e. The second-order valence-electron chi connectivity index (χ2n) is 4.17. The Morgan fingerprint density at radius 3 is 2.33 bits per heavy atom. The van der Waals surface area contributed by atoms with Crippen molar-refractivity contribution >= 4 is 5.69 Å². The van der Waals surface area contributed by atoms with Crippen LogP contribution < -0.4 is 15.8 Å². The van der Waals surface area contributed by atoms with Crippen molar-refractivity contribution in [1.29, 1.82) is 0 Å². The molecule has 0 unspecified atom stereocenters. The van der Waals surface area contributed by atoms with Crippen LogP contribution in [-0.4, -0.2) is 18.7 Å². The van der Waals surface area contributed by atoms with Crippen molar-refractivity contribution in [2.45, 2.75) is 26.3 Å². The quantitative estimate of drug-likeness (QED) is 0.780. The number of nitrogens with two attached hydrogens (primary N) is 1. The van der Waals surface area contributed by atoms with Crippen molar-refractivity contribution in [2.75, 3.05) is 18.5 Å². The van der Waals surface area contributed by atoms with Gasteiger partial charge in [0.15, 0.2) is 0 Å². The Kier molecular flexibility index (Phi) is 3.97. The Morgan fingerprint density at radius 1 is 1.27 bits per heavy atom. The van der Waals surface area contributed by atoms with Gasteiger partial charge >= 0.3 is 0 Å². The molecule has 1 aromatic rings. The van der Waals surface area contributed by atoms with Gasteiger partial charge in [-0.2, -0.15) is 0 Å². The Morgan fingerprint density at radius 2 is 1.87 bits per heavy atom. The maximum Gasteiger partial charge on any atom is 0.119 e. The van der Waals surface area contributed by atoms with E-state index in [0.717, 1.165) is 11.4 Å². The molecule has 0 aliphatic heterocycles. The maximum atomic E-state index is 5.64. The van der Waals surface area contributed by atoms with E-state index in [1.54, 1.807) is 0 Å². The van der Waals surface area contributed by atoms with Crippen LogP contribution >= 0.6 is 0 Å². The molecule has 3 heteroatoms. The molecular formula is C12H20N2O. The fourth-order valence-corrected chi connectivity index (χ4v) is 1.24. The largest absolute Gasteiger partial charge is 0.494 e. The van der Waals surface area contributed by atoms with Crippen molar-refractivity contribution in [1.82, 2.24) is 0 Å². The number of anilines is 1. The van der Waals surface area contributed by atoms with Crippen LogP contribution in [0.5, 0.6) is 5.75 Å². The maximum absolute atomic E-state index is 5.64. The van der Waals surface area contributed by atoms with Gasteiger partial charge in [0.2, 0.25) is 0 Å². The van der Waals surface area contributed by atoms with E-state index in [-0.39, 0.29) is 5.54 Å². The van der Waals surface area contributed by atoms with E-state index >= 15 is 0 Å². The molecule has 0 atom stereocenters. The predicted molar refractivity (Wildman–Crippen MR) is 64.4 cm³/mol. The van der Waals surface area contributed by atoms with Gasteiger partial charge in [0, 0.05) is 17.8 Å². The zero-order valence-corrected chi connectivity index (χ0v) is 9.71. The Hall–Kier alpha value is -1.22. The second kappa shape index (κ2) is 5.03. The molecule has 0 saturated heterocycles. The molecule has 3 N–H and O–H groups in total. The van der Waals surface area contributed by atoms with Gasteiger partial charge in [-0.25, -0.2) is 0 Å². The van der Waals surface area contributed by atoms with Gasteiger partial charge in [-0.15, -0.1) is 0 Å². The third-order valence-electron chi connectivity index (χ3n) is 2.16. The van der Waals surface area contributed by atoms with E-state index in [1.807, 2.05) is 31.2 Å². The Balaban J connectivity index is 2.64. The van der Waals surface area contributed by atoms with Crippen molar-refractivity contribution in [3.05, 3.63) is 24.3 Å². The highest BCUT2D eigenvalue weighted by molar-refractivity contribution is 5.48. The first kappa shape index (κ1) is 11.9. The van der Waals surface area contributed by atoms with Crippen molar-refractivity contribution < 1.29 is 4.74 Å². The lowest BCUT2D eigenvalue weighted by molar-refractivity contribution is 0.340. The zero-order chi connectivity index (χ0) is 11.3. The van der Waals surface area contributed by atoms with E-state index in [4.69, 9.17) is 10.5 Å². The second-order valence-corrected chi connectivity index (χ2v) is 4.17. The molecule has 0 aliphatic carbocycles. The van der Waals surface area contributed by atoms with Crippen molar-refractivity contribution in [3.63, 3.8) is 0 Å². The predicted octanol–water partition coefficient (Wildman–Crippen LogP) is 2.23. The fraction of sp³-hybridized carbons (Fsp3) is 0.500. The van der Waals surface area contributed by atoms with Crippen LogP contribution in [0.15, 0.2) is 24.3 Å². The summed E-state index contributed by atoms with van der Waals surface area (Å²) in [6, 6.07) is 7.92. The lowest BCUT2D eigenvalue weighted by atomic mass is 10.1. The summed E-state index contributed by atoms with van der Waals surface area (Å²) in [5.74, 6) is 0.897. The van der Waals surface area contributed by atoms with Crippen LogP contribution in [0.2, 0.25) is 0 Å². The smallest absolute Gasteiger partial charge is 0.119 e. The molecule has 0 aliphatic rings. The summed E-state index contributed by atoms with van der Waals surface area (Å²) >= 11 is 0. The van der Waals surface area contributed by atoms with Gasteiger partial charge in [-0.3, -0.25) is 0 Å². The molecule has 1 aromatic carbocycles. The lowest BCUT2D eigenvalue weighted by Gasteiger charge is -2.25. The minimum atomic E-state index is -0.0763. The average molecular weight is 208 g/mol. The van der Waals surface area contributed by atoms with Gasteiger partial charge in [0.25, 0.3) is 0 Å². The van der Waals surface area contributed by atoms with E-state index in [0.29, 0.717) is 13.2 Å². The summed E-state index contributed by atoms with van der Waals surface area (Å²) in [4.78, 5) is 0. The summed E-state index contributed by atoms with van der Waals surface area (Å²) in [6.45, 7) is 7.41. The van der Waals surface area contributed by atoms with Gasteiger partial charge in [-0.05, 0) is 45.0 Å². The van der Waals surface area contributed by atoms with Crippen LogP contribution in [0.1, 0.15) is 20.8 Å². The molecule has 0 amide bonds. The summed E-state index contributed by atoms with van der Waals surface area (Å²) in [5.41, 5.74) is 6.63. The zero-order valence-electron chi connectivity index (χ0n) is 9.71. The van der Waals surface area contributed by atoms with E-state index in [9.17, 15) is 0 Å². The first-order valence-corrected chi connectivity index (χ1v) is 5.28. The number of hydrogen-bond donors (Lipinski definition) is 2. The standard InChI is InChI=1S/C12H20N2O/c1-4-15-11-7-5-10(6-8-11)14-12(2,3)9-13/h5-8,14H,4,9,13H2,1-3H3. The SMILES string of the molecule is CCOc1ccc(NC(C)(C)CN)cc1. The highest BCUT2D eigenvalue weighted by atomic mass is 16.5. The minimum absolute atomic E-state index is 0.0763. The Labute approximate surface area is 91.6 Å². The van der Waals surface area contributed by atoms with E-state index in [1.165, 1.54) is 0 Å². The molecule has 0 heterocycles. The normalized spacial score (nSPS) is 11.2. The van der Waals surface area contributed by atoms with Gasteiger partial charge in [-0.1, -0.05) is 0 Å². The molecule has 0 fully saturated rings. The first-order valence-electron chi connectivity index (χ1n) is 5.28. The molecule has 0 spiro atoms. The molecule has 15 heavy (non-hydrogen) atoms. The summed E-state index contributed by atoms with van der Waals surface area (Å²) in [5, 5.41) is 3.36. The van der Waals surface area contributed by atoms with Crippen LogP contribution in [-0.2, 0) is 0 Å². The molecule has 84 valence electrons. The third kappa shape index (κ3) is 3.80.